The highest BCUT2D eigenvalue weighted by Crippen LogP contribution is 2.19. The van der Waals surface area contributed by atoms with Crippen molar-refractivity contribution >= 4 is 28.7 Å². The first-order chi connectivity index (χ1) is 9.06. The van der Waals surface area contributed by atoms with Gasteiger partial charge in [-0.25, -0.2) is 0 Å². The van der Waals surface area contributed by atoms with E-state index >= 15 is 0 Å². The molecule has 0 unspecified atom stereocenters. The largest absolute Gasteiger partial charge is 0.508 e. The molecule has 0 aliphatic heterocycles. The zero-order valence-electron chi connectivity index (χ0n) is 10.9. The number of nitrogens with one attached hydrogen (secondary N) is 2. The predicted octanol–water partition coefficient (Wildman–Crippen LogP) is 3.82. The van der Waals surface area contributed by atoms with Crippen molar-refractivity contribution in [3.63, 3.8) is 0 Å². The highest BCUT2D eigenvalue weighted by atomic mass is 32.1. The predicted molar refractivity (Wildman–Crippen MR) is 83.9 cm³/mol. The van der Waals surface area contributed by atoms with Crippen LogP contribution in [0.1, 0.15) is 11.1 Å². The van der Waals surface area contributed by atoms with Gasteiger partial charge in [-0.1, -0.05) is 18.2 Å². The maximum absolute atomic E-state index is 9.39. The van der Waals surface area contributed by atoms with Crippen LogP contribution in [0.25, 0.3) is 0 Å². The molecule has 0 bridgehead atoms. The van der Waals surface area contributed by atoms with Crippen molar-refractivity contribution in [1.82, 2.24) is 0 Å². The average Bonchev–Trinajstić information content (AvgIpc) is 2.35. The molecule has 0 aromatic heterocycles. The zero-order chi connectivity index (χ0) is 13.8. The van der Waals surface area contributed by atoms with Gasteiger partial charge >= 0.3 is 0 Å². The molecule has 0 amide bonds. The number of aryl methyl sites for hydroxylation is 1. The number of thiocarbonyl (C=S) groups is 1. The second-order valence-corrected chi connectivity index (χ2v) is 4.79. The SMILES string of the molecule is Cc1cccc(NC(=S)Nc2cccc(O)c2)c1C. The molecule has 0 fully saturated rings. The van der Waals surface area contributed by atoms with E-state index in [0.29, 0.717) is 5.11 Å². The van der Waals surface area contributed by atoms with Crippen LogP contribution in [-0.4, -0.2) is 10.2 Å². The van der Waals surface area contributed by atoms with Gasteiger partial charge < -0.3 is 15.7 Å². The summed E-state index contributed by atoms with van der Waals surface area (Å²) >= 11 is 5.26. The standard InChI is InChI=1S/C15H16N2OS/c1-10-5-3-8-14(11(10)2)17-15(19)16-12-6-4-7-13(18)9-12/h3-9,18H,1-2H3,(H2,16,17,19). The Hall–Kier alpha value is -2.07. The molecule has 2 aromatic carbocycles. The van der Waals surface area contributed by atoms with E-state index in [-0.39, 0.29) is 5.75 Å². The number of anilines is 2. The summed E-state index contributed by atoms with van der Waals surface area (Å²) < 4.78 is 0. The lowest BCUT2D eigenvalue weighted by atomic mass is 10.1. The van der Waals surface area contributed by atoms with Crippen LogP contribution in [-0.2, 0) is 0 Å². The lowest BCUT2D eigenvalue weighted by Crippen LogP contribution is -2.19. The topological polar surface area (TPSA) is 44.3 Å². The van der Waals surface area contributed by atoms with Crippen molar-refractivity contribution in [3.05, 3.63) is 53.6 Å². The molecule has 0 saturated heterocycles. The molecular weight excluding hydrogens is 256 g/mol. The first-order valence-electron chi connectivity index (χ1n) is 5.99. The van der Waals surface area contributed by atoms with Crippen molar-refractivity contribution in [2.45, 2.75) is 13.8 Å². The first-order valence-corrected chi connectivity index (χ1v) is 6.40. The summed E-state index contributed by atoms with van der Waals surface area (Å²) in [6, 6.07) is 12.9. The van der Waals surface area contributed by atoms with E-state index < -0.39 is 0 Å². The zero-order valence-corrected chi connectivity index (χ0v) is 11.7. The minimum atomic E-state index is 0.208. The minimum Gasteiger partial charge on any atom is -0.508 e. The Morgan fingerprint density at radius 3 is 2.53 bits per heavy atom. The summed E-state index contributed by atoms with van der Waals surface area (Å²) in [5.41, 5.74) is 4.12. The van der Waals surface area contributed by atoms with E-state index in [0.717, 1.165) is 11.4 Å². The number of rotatable bonds is 2. The van der Waals surface area contributed by atoms with Gasteiger partial charge in [-0.2, -0.15) is 0 Å². The summed E-state index contributed by atoms with van der Waals surface area (Å²) in [5.74, 6) is 0.208. The van der Waals surface area contributed by atoms with Gasteiger partial charge in [-0.3, -0.25) is 0 Å². The third kappa shape index (κ3) is 3.45. The van der Waals surface area contributed by atoms with Gasteiger partial charge in [-0.05, 0) is 55.4 Å². The van der Waals surface area contributed by atoms with Crippen LogP contribution in [0.4, 0.5) is 11.4 Å². The molecule has 0 aliphatic carbocycles. The first kappa shape index (κ1) is 13.4. The fraction of sp³-hybridized carbons (Fsp3) is 0.133. The third-order valence-corrected chi connectivity index (χ3v) is 3.16. The molecular formula is C15H16N2OS. The summed E-state index contributed by atoms with van der Waals surface area (Å²) in [4.78, 5) is 0. The van der Waals surface area contributed by atoms with Gasteiger partial charge in [0, 0.05) is 17.4 Å². The van der Waals surface area contributed by atoms with E-state index in [1.54, 1.807) is 18.2 Å². The Labute approximate surface area is 118 Å². The Kier molecular flexibility index (Phi) is 4.02. The fourth-order valence-electron chi connectivity index (χ4n) is 1.75. The normalized spacial score (nSPS) is 10.0. The van der Waals surface area contributed by atoms with Crippen molar-refractivity contribution < 1.29 is 5.11 Å². The summed E-state index contributed by atoms with van der Waals surface area (Å²) in [5, 5.41) is 16.1. The van der Waals surface area contributed by atoms with Crippen molar-refractivity contribution in [2.75, 3.05) is 10.6 Å². The second kappa shape index (κ2) is 5.71. The quantitative estimate of drug-likeness (QED) is 0.727. The van der Waals surface area contributed by atoms with Crippen LogP contribution >= 0.6 is 12.2 Å². The van der Waals surface area contributed by atoms with E-state index in [2.05, 4.69) is 30.5 Å². The number of benzene rings is 2. The molecule has 0 radical (unpaired) electrons. The molecule has 3 N–H and O–H groups in total. The Balaban J connectivity index is 2.08. The van der Waals surface area contributed by atoms with Crippen LogP contribution in [0.2, 0.25) is 0 Å². The lowest BCUT2D eigenvalue weighted by Gasteiger charge is -2.13. The molecule has 0 spiro atoms. The molecule has 0 aliphatic rings. The number of phenols is 1. The maximum Gasteiger partial charge on any atom is 0.175 e. The van der Waals surface area contributed by atoms with Crippen molar-refractivity contribution in [1.29, 1.82) is 0 Å². The maximum atomic E-state index is 9.39. The third-order valence-electron chi connectivity index (χ3n) is 2.96. The van der Waals surface area contributed by atoms with Crippen molar-refractivity contribution in [2.24, 2.45) is 0 Å². The van der Waals surface area contributed by atoms with E-state index in [1.165, 1.54) is 11.1 Å². The monoisotopic (exact) mass is 272 g/mol. The van der Waals surface area contributed by atoms with E-state index in [1.807, 2.05) is 18.2 Å². The van der Waals surface area contributed by atoms with E-state index in [9.17, 15) is 5.11 Å². The van der Waals surface area contributed by atoms with Crippen LogP contribution in [0.15, 0.2) is 42.5 Å². The summed E-state index contributed by atoms with van der Waals surface area (Å²) in [7, 11) is 0. The molecule has 19 heavy (non-hydrogen) atoms. The van der Waals surface area contributed by atoms with Gasteiger partial charge in [0.2, 0.25) is 0 Å². The molecule has 2 aromatic rings. The summed E-state index contributed by atoms with van der Waals surface area (Å²) in [6.07, 6.45) is 0. The molecule has 4 heteroatoms. The second-order valence-electron chi connectivity index (χ2n) is 4.38. The Morgan fingerprint density at radius 1 is 1.05 bits per heavy atom. The van der Waals surface area contributed by atoms with E-state index in [4.69, 9.17) is 12.2 Å². The van der Waals surface area contributed by atoms with Gasteiger partial charge in [-0.15, -0.1) is 0 Å². The van der Waals surface area contributed by atoms with Gasteiger partial charge in [0.25, 0.3) is 0 Å². The fourth-order valence-corrected chi connectivity index (χ4v) is 1.98. The molecule has 0 atom stereocenters. The molecule has 0 saturated carbocycles. The molecule has 3 nitrogen and oxygen atoms in total. The number of hydrogen-bond acceptors (Lipinski definition) is 2. The number of aromatic hydroxyl groups is 1. The number of hydrogen-bond donors (Lipinski definition) is 3. The lowest BCUT2D eigenvalue weighted by molar-refractivity contribution is 0.475. The molecule has 2 rings (SSSR count). The van der Waals surface area contributed by atoms with Gasteiger partial charge in [0.1, 0.15) is 5.75 Å². The minimum absolute atomic E-state index is 0.208. The Bertz CT molecular complexity index is 611. The van der Waals surface area contributed by atoms with Crippen LogP contribution in [0.5, 0.6) is 5.75 Å². The summed E-state index contributed by atoms with van der Waals surface area (Å²) in [6.45, 7) is 4.11. The van der Waals surface area contributed by atoms with Crippen molar-refractivity contribution in [3.8, 4) is 5.75 Å². The average molecular weight is 272 g/mol. The smallest absolute Gasteiger partial charge is 0.175 e. The van der Waals surface area contributed by atoms with Gasteiger partial charge in [0.15, 0.2) is 5.11 Å². The van der Waals surface area contributed by atoms with Crippen LogP contribution in [0.3, 0.4) is 0 Å². The highest BCUT2D eigenvalue weighted by molar-refractivity contribution is 7.80. The number of phenolic OH excluding ortho intramolecular Hbond substituents is 1. The van der Waals surface area contributed by atoms with Crippen LogP contribution in [0, 0.1) is 13.8 Å². The Morgan fingerprint density at radius 2 is 1.79 bits per heavy atom. The molecule has 0 heterocycles. The van der Waals surface area contributed by atoms with Gasteiger partial charge in [0.05, 0.1) is 0 Å². The van der Waals surface area contributed by atoms with Crippen LogP contribution < -0.4 is 10.6 Å². The highest BCUT2D eigenvalue weighted by Gasteiger charge is 2.03. The molecule has 98 valence electrons.